The number of esters is 2. The Hall–Kier alpha value is -1.23. The van der Waals surface area contributed by atoms with Crippen molar-refractivity contribution in [3.05, 3.63) is 39.4 Å². The van der Waals surface area contributed by atoms with Crippen LogP contribution in [0.3, 0.4) is 0 Å². The summed E-state index contributed by atoms with van der Waals surface area (Å²) in [4.78, 5) is 23.3. The van der Waals surface area contributed by atoms with Crippen LogP contribution in [0, 0.1) is 0 Å². The monoisotopic (exact) mass is 420 g/mol. The molecule has 1 aromatic rings. The summed E-state index contributed by atoms with van der Waals surface area (Å²) in [6, 6.07) is 2.80. The van der Waals surface area contributed by atoms with Crippen LogP contribution in [0.1, 0.15) is 51.9 Å². The van der Waals surface area contributed by atoms with Crippen LogP contribution in [0.2, 0.25) is 15.1 Å². The molecule has 0 bridgehead atoms. The van der Waals surface area contributed by atoms with Gasteiger partial charge >= 0.3 is 11.9 Å². The van der Waals surface area contributed by atoms with Crippen molar-refractivity contribution >= 4 is 46.7 Å². The molecule has 144 valence electrons. The van der Waals surface area contributed by atoms with Gasteiger partial charge in [0.25, 0.3) is 0 Å². The van der Waals surface area contributed by atoms with Gasteiger partial charge in [0.15, 0.2) is 5.75 Å². The maximum Gasteiger partial charge on any atom is 0.336 e. The van der Waals surface area contributed by atoms with E-state index in [9.17, 15) is 9.59 Å². The predicted molar refractivity (Wildman–Crippen MR) is 105 cm³/mol. The topological polar surface area (TPSA) is 52.6 Å². The highest BCUT2D eigenvalue weighted by molar-refractivity contribution is 6.40. The number of carbonyl (C=O) groups is 2. The van der Waals surface area contributed by atoms with Gasteiger partial charge < -0.3 is 9.47 Å². The van der Waals surface area contributed by atoms with E-state index >= 15 is 0 Å². The average Bonchev–Trinajstić information content (AvgIpc) is 2.58. The summed E-state index contributed by atoms with van der Waals surface area (Å²) in [6.45, 7) is 2.52. The minimum Gasteiger partial charge on any atom is -0.463 e. The quantitative estimate of drug-likeness (QED) is 0.179. The predicted octanol–water partition coefficient (Wildman–Crippen LogP) is 6.40. The smallest absolute Gasteiger partial charge is 0.336 e. The Morgan fingerprint density at radius 1 is 0.885 bits per heavy atom. The molecule has 0 heterocycles. The molecule has 7 heteroatoms. The number of unbranched alkanes of at least 4 members (excludes halogenated alkanes) is 6. The molecule has 0 radical (unpaired) electrons. The second-order valence-electron chi connectivity index (χ2n) is 5.74. The molecule has 0 fully saturated rings. The van der Waals surface area contributed by atoms with E-state index in [1.165, 1.54) is 37.8 Å². The summed E-state index contributed by atoms with van der Waals surface area (Å²) in [5.74, 6) is -1.39. The minimum atomic E-state index is -0.788. The van der Waals surface area contributed by atoms with Crippen molar-refractivity contribution in [3.63, 3.8) is 0 Å². The average molecular weight is 422 g/mol. The molecule has 0 N–H and O–H groups in total. The SMILES string of the molecule is CCCCCCCCCOC(=O)/C=C/C(=O)Oc1c(Cl)cc(Cl)cc1Cl. The van der Waals surface area contributed by atoms with Gasteiger partial charge in [0, 0.05) is 17.2 Å². The van der Waals surface area contributed by atoms with Crippen LogP contribution in [0.5, 0.6) is 5.75 Å². The zero-order valence-electron chi connectivity index (χ0n) is 14.7. The van der Waals surface area contributed by atoms with E-state index in [0.717, 1.165) is 31.4 Å². The first kappa shape index (κ1) is 22.8. The van der Waals surface area contributed by atoms with E-state index in [1.54, 1.807) is 0 Å². The van der Waals surface area contributed by atoms with Crippen LogP contribution < -0.4 is 4.74 Å². The number of ether oxygens (including phenoxy) is 2. The third kappa shape index (κ3) is 9.46. The lowest BCUT2D eigenvalue weighted by atomic mass is 10.1. The van der Waals surface area contributed by atoms with Crippen LogP contribution in [-0.2, 0) is 14.3 Å². The molecule has 0 unspecified atom stereocenters. The summed E-state index contributed by atoms with van der Waals surface area (Å²) >= 11 is 17.6. The highest BCUT2D eigenvalue weighted by Crippen LogP contribution is 2.35. The lowest BCUT2D eigenvalue weighted by Crippen LogP contribution is -2.08. The van der Waals surface area contributed by atoms with E-state index < -0.39 is 11.9 Å². The molecular formula is C19H23Cl3O4. The van der Waals surface area contributed by atoms with Crippen molar-refractivity contribution in [2.75, 3.05) is 6.61 Å². The first-order valence-corrected chi connectivity index (χ1v) is 9.78. The molecule has 26 heavy (non-hydrogen) atoms. The molecule has 1 rings (SSSR count). The molecule has 0 aliphatic carbocycles. The Kier molecular flexibility index (Phi) is 11.4. The molecule has 0 atom stereocenters. The van der Waals surface area contributed by atoms with Gasteiger partial charge in [-0.1, -0.05) is 80.3 Å². The molecule has 0 saturated carbocycles. The lowest BCUT2D eigenvalue weighted by molar-refractivity contribution is -0.138. The van der Waals surface area contributed by atoms with Crippen LogP contribution >= 0.6 is 34.8 Å². The summed E-state index contributed by atoms with van der Waals surface area (Å²) in [5, 5.41) is 0.529. The Labute approximate surface area is 169 Å². The van der Waals surface area contributed by atoms with E-state index in [4.69, 9.17) is 44.3 Å². The van der Waals surface area contributed by atoms with Gasteiger partial charge in [-0.15, -0.1) is 0 Å². The number of rotatable bonds is 11. The first-order chi connectivity index (χ1) is 12.4. The van der Waals surface area contributed by atoms with Crippen LogP contribution in [0.15, 0.2) is 24.3 Å². The second-order valence-corrected chi connectivity index (χ2v) is 6.99. The number of hydrogen-bond donors (Lipinski definition) is 0. The van der Waals surface area contributed by atoms with E-state index in [-0.39, 0.29) is 15.8 Å². The Balaban J connectivity index is 2.28. The van der Waals surface area contributed by atoms with Crippen molar-refractivity contribution < 1.29 is 19.1 Å². The summed E-state index contributed by atoms with van der Waals surface area (Å²) in [6.07, 6.45) is 9.91. The molecule has 0 aromatic heterocycles. The van der Waals surface area contributed by atoms with Gasteiger partial charge in [0.05, 0.1) is 16.7 Å². The fourth-order valence-electron chi connectivity index (χ4n) is 2.18. The van der Waals surface area contributed by atoms with Crippen LogP contribution in [0.4, 0.5) is 0 Å². The normalized spacial score (nSPS) is 10.9. The Morgan fingerprint density at radius 2 is 1.42 bits per heavy atom. The fraction of sp³-hybridized carbons (Fsp3) is 0.474. The molecule has 0 spiro atoms. The zero-order valence-corrected chi connectivity index (χ0v) is 17.0. The zero-order chi connectivity index (χ0) is 19.4. The second kappa shape index (κ2) is 13.0. The highest BCUT2D eigenvalue weighted by Gasteiger charge is 2.12. The third-order valence-electron chi connectivity index (χ3n) is 3.51. The van der Waals surface area contributed by atoms with Crippen molar-refractivity contribution in [1.82, 2.24) is 0 Å². The maximum atomic E-state index is 11.7. The summed E-state index contributed by atoms with van der Waals surface area (Å²) in [5.41, 5.74) is 0. The molecule has 1 aromatic carbocycles. The van der Waals surface area contributed by atoms with Gasteiger partial charge in [-0.25, -0.2) is 9.59 Å². The van der Waals surface area contributed by atoms with Gasteiger partial charge in [0.2, 0.25) is 0 Å². The highest BCUT2D eigenvalue weighted by atomic mass is 35.5. The lowest BCUT2D eigenvalue weighted by Gasteiger charge is -2.06. The van der Waals surface area contributed by atoms with Crippen molar-refractivity contribution in [2.24, 2.45) is 0 Å². The standard InChI is InChI=1S/C19H23Cl3O4/c1-2-3-4-5-6-7-8-11-25-17(23)9-10-18(24)26-19-15(21)12-14(20)13-16(19)22/h9-10,12-13H,2-8,11H2,1H3/b10-9+. The summed E-state index contributed by atoms with van der Waals surface area (Å²) in [7, 11) is 0. The minimum absolute atomic E-state index is 0.0103. The molecule has 0 amide bonds. The fourth-order valence-corrected chi connectivity index (χ4v) is 3.07. The van der Waals surface area contributed by atoms with Gasteiger partial charge in [-0.05, 0) is 18.6 Å². The number of hydrogen-bond acceptors (Lipinski definition) is 4. The Bertz CT molecular complexity index is 606. The maximum absolute atomic E-state index is 11.7. The third-order valence-corrected chi connectivity index (χ3v) is 4.29. The Morgan fingerprint density at radius 3 is 2.04 bits per heavy atom. The van der Waals surface area contributed by atoms with Crippen molar-refractivity contribution in [1.29, 1.82) is 0 Å². The van der Waals surface area contributed by atoms with Gasteiger partial charge in [0.1, 0.15) is 0 Å². The van der Waals surface area contributed by atoms with Gasteiger partial charge in [-0.2, -0.15) is 0 Å². The molecule has 4 nitrogen and oxygen atoms in total. The first-order valence-electron chi connectivity index (χ1n) is 8.65. The van der Waals surface area contributed by atoms with Gasteiger partial charge in [-0.3, -0.25) is 0 Å². The molecule has 0 aliphatic heterocycles. The largest absolute Gasteiger partial charge is 0.463 e. The molecule has 0 saturated heterocycles. The molecular weight excluding hydrogens is 399 g/mol. The van der Waals surface area contributed by atoms with E-state index in [0.29, 0.717) is 11.6 Å². The number of benzene rings is 1. The van der Waals surface area contributed by atoms with Crippen molar-refractivity contribution in [2.45, 2.75) is 51.9 Å². The van der Waals surface area contributed by atoms with E-state index in [1.807, 2.05) is 0 Å². The summed E-state index contributed by atoms with van der Waals surface area (Å²) < 4.78 is 10.0. The van der Waals surface area contributed by atoms with Crippen LogP contribution in [0.25, 0.3) is 0 Å². The number of halogens is 3. The molecule has 0 aliphatic rings. The number of carbonyl (C=O) groups excluding carboxylic acids is 2. The van der Waals surface area contributed by atoms with Crippen LogP contribution in [-0.4, -0.2) is 18.5 Å². The van der Waals surface area contributed by atoms with Crippen molar-refractivity contribution in [3.8, 4) is 5.75 Å². The van der Waals surface area contributed by atoms with E-state index in [2.05, 4.69) is 6.92 Å².